The average Bonchev–Trinajstić information content (AvgIpc) is 3.04. The summed E-state index contributed by atoms with van der Waals surface area (Å²) in [6.07, 6.45) is -0.520. The third kappa shape index (κ3) is 5.11. The third-order valence-corrected chi connectivity index (χ3v) is 4.27. The van der Waals surface area contributed by atoms with Crippen LogP contribution in [0.1, 0.15) is 30.3 Å². The van der Waals surface area contributed by atoms with Gasteiger partial charge in [-0.3, -0.25) is 14.6 Å². The molecule has 3 rings (SSSR count). The van der Waals surface area contributed by atoms with E-state index in [9.17, 15) is 4.79 Å². The number of ether oxygens (including phenoxy) is 1. The Labute approximate surface area is 147 Å². The Kier molecular flexibility index (Phi) is 5.78. The first-order valence-corrected chi connectivity index (χ1v) is 8.58. The number of hydrogen-bond acceptors (Lipinski definition) is 7. The van der Waals surface area contributed by atoms with Gasteiger partial charge in [0.25, 0.3) is 5.89 Å². The second-order valence-electron chi connectivity index (χ2n) is 6.35. The smallest absolute Gasteiger partial charge is 0.320 e. The Morgan fingerprint density at radius 3 is 2.52 bits per heavy atom. The van der Waals surface area contributed by atoms with E-state index in [1.54, 1.807) is 13.8 Å². The maximum Gasteiger partial charge on any atom is 0.320 e. The highest BCUT2D eigenvalue weighted by Crippen LogP contribution is 2.15. The molecule has 1 aliphatic heterocycles. The molecule has 134 valence electrons. The first-order valence-electron chi connectivity index (χ1n) is 8.58. The van der Waals surface area contributed by atoms with Crippen molar-refractivity contribution in [3.63, 3.8) is 0 Å². The van der Waals surface area contributed by atoms with Crippen molar-refractivity contribution in [2.24, 2.45) is 0 Å². The fourth-order valence-electron chi connectivity index (χ4n) is 2.89. The summed E-state index contributed by atoms with van der Waals surface area (Å²) < 4.78 is 10.4. The van der Waals surface area contributed by atoms with Crippen LogP contribution in [-0.4, -0.2) is 58.6 Å². The van der Waals surface area contributed by atoms with Crippen molar-refractivity contribution in [3.05, 3.63) is 47.6 Å². The van der Waals surface area contributed by atoms with Crippen LogP contribution in [0.5, 0.6) is 0 Å². The molecule has 0 aliphatic carbocycles. The van der Waals surface area contributed by atoms with Gasteiger partial charge in [0.15, 0.2) is 11.9 Å². The molecule has 1 aromatic heterocycles. The number of benzene rings is 1. The minimum absolute atomic E-state index is 0.264. The molecule has 1 saturated heterocycles. The van der Waals surface area contributed by atoms with Gasteiger partial charge in [-0.05, 0) is 19.4 Å². The summed E-state index contributed by atoms with van der Waals surface area (Å²) in [5, 5.41) is 3.71. The molecule has 1 aromatic carbocycles. The lowest BCUT2D eigenvalue weighted by molar-refractivity contribution is -0.151. The molecule has 1 fully saturated rings. The molecule has 0 bridgehead atoms. The largest absolute Gasteiger partial charge is 0.452 e. The van der Waals surface area contributed by atoms with Gasteiger partial charge < -0.3 is 9.26 Å². The minimum Gasteiger partial charge on any atom is -0.452 e. The van der Waals surface area contributed by atoms with Gasteiger partial charge in [-0.25, -0.2) is 0 Å². The van der Waals surface area contributed by atoms with Crippen LogP contribution in [0.4, 0.5) is 0 Å². The van der Waals surface area contributed by atoms with Gasteiger partial charge in [0.1, 0.15) is 0 Å². The zero-order chi connectivity index (χ0) is 17.6. The van der Waals surface area contributed by atoms with E-state index in [-0.39, 0.29) is 12.5 Å². The Morgan fingerprint density at radius 1 is 1.20 bits per heavy atom. The number of carbonyl (C=O) groups excluding carboxylic acids is 1. The lowest BCUT2D eigenvalue weighted by Gasteiger charge is -2.34. The molecular weight excluding hydrogens is 320 g/mol. The van der Waals surface area contributed by atoms with Crippen molar-refractivity contribution in [3.8, 4) is 0 Å². The molecule has 1 aliphatic rings. The molecule has 25 heavy (non-hydrogen) atoms. The number of aryl methyl sites for hydroxylation is 1. The van der Waals surface area contributed by atoms with Crippen LogP contribution in [0, 0.1) is 6.92 Å². The molecule has 0 amide bonds. The fraction of sp³-hybridized carbons (Fsp3) is 0.500. The number of aromatic nitrogens is 2. The molecule has 0 saturated carbocycles. The van der Waals surface area contributed by atoms with Gasteiger partial charge in [-0.2, -0.15) is 4.98 Å². The van der Waals surface area contributed by atoms with E-state index in [0.29, 0.717) is 11.7 Å². The van der Waals surface area contributed by atoms with E-state index < -0.39 is 6.10 Å². The van der Waals surface area contributed by atoms with Crippen molar-refractivity contribution < 1.29 is 14.1 Å². The molecule has 7 heteroatoms. The van der Waals surface area contributed by atoms with Crippen molar-refractivity contribution in [2.75, 3.05) is 32.7 Å². The molecule has 2 aromatic rings. The van der Waals surface area contributed by atoms with Gasteiger partial charge in [-0.15, -0.1) is 0 Å². The summed E-state index contributed by atoms with van der Waals surface area (Å²) >= 11 is 0. The topological polar surface area (TPSA) is 71.7 Å². The number of hydrogen-bond donors (Lipinski definition) is 0. The lowest BCUT2D eigenvalue weighted by atomic mass is 10.2. The summed E-state index contributed by atoms with van der Waals surface area (Å²) in [7, 11) is 0. The number of nitrogens with zero attached hydrogens (tertiary/aromatic N) is 4. The first kappa shape index (κ1) is 17.6. The van der Waals surface area contributed by atoms with E-state index in [1.165, 1.54) is 5.56 Å². The summed E-state index contributed by atoms with van der Waals surface area (Å²) in [6, 6.07) is 10.4. The van der Waals surface area contributed by atoms with Crippen LogP contribution in [0.25, 0.3) is 0 Å². The maximum absolute atomic E-state index is 12.1. The van der Waals surface area contributed by atoms with E-state index in [1.807, 2.05) is 6.07 Å². The molecule has 1 atom stereocenters. The van der Waals surface area contributed by atoms with Crippen LogP contribution in [0.15, 0.2) is 34.9 Å². The summed E-state index contributed by atoms with van der Waals surface area (Å²) in [5.41, 5.74) is 1.32. The van der Waals surface area contributed by atoms with E-state index in [0.717, 1.165) is 32.7 Å². The SMILES string of the molecule is Cc1noc([C@H](C)OC(=O)CN2CCN(Cc3ccccc3)CC2)n1. The second kappa shape index (κ2) is 8.22. The van der Waals surface area contributed by atoms with Gasteiger partial charge in [0, 0.05) is 32.7 Å². The predicted molar refractivity (Wildman–Crippen MR) is 91.7 cm³/mol. The maximum atomic E-state index is 12.1. The zero-order valence-corrected chi connectivity index (χ0v) is 14.7. The lowest BCUT2D eigenvalue weighted by Crippen LogP contribution is -2.47. The Balaban J connectivity index is 1.40. The van der Waals surface area contributed by atoms with Crippen LogP contribution >= 0.6 is 0 Å². The monoisotopic (exact) mass is 344 g/mol. The van der Waals surface area contributed by atoms with Crippen LogP contribution < -0.4 is 0 Å². The predicted octanol–water partition coefficient (Wildman–Crippen LogP) is 1.80. The molecule has 0 spiro atoms. The first-order chi connectivity index (χ1) is 12.1. The van der Waals surface area contributed by atoms with Gasteiger partial charge in [0.2, 0.25) is 0 Å². The zero-order valence-electron chi connectivity index (χ0n) is 14.7. The van der Waals surface area contributed by atoms with Crippen molar-refractivity contribution >= 4 is 5.97 Å². The van der Waals surface area contributed by atoms with Crippen LogP contribution in [0.3, 0.4) is 0 Å². The highest BCUT2D eigenvalue weighted by Gasteiger charge is 2.22. The molecular formula is C18H24N4O3. The molecule has 0 N–H and O–H groups in total. The summed E-state index contributed by atoms with van der Waals surface area (Å²) in [5.74, 6) is 0.603. The Morgan fingerprint density at radius 2 is 1.88 bits per heavy atom. The van der Waals surface area contributed by atoms with Gasteiger partial charge in [0.05, 0.1) is 6.54 Å². The summed E-state index contributed by atoms with van der Waals surface area (Å²) in [6.45, 7) is 8.32. The van der Waals surface area contributed by atoms with Gasteiger partial charge >= 0.3 is 5.97 Å². The van der Waals surface area contributed by atoms with Crippen molar-refractivity contribution in [2.45, 2.75) is 26.5 Å². The Hall–Kier alpha value is -2.25. The Bertz CT molecular complexity index is 681. The fourth-order valence-corrected chi connectivity index (χ4v) is 2.89. The van der Waals surface area contributed by atoms with E-state index in [4.69, 9.17) is 9.26 Å². The summed E-state index contributed by atoms with van der Waals surface area (Å²) in [4.78, 5) is 20.7. The number of piperazine rings is 1. The number of carbonyl (C=O) groups is 1. The van der Waals surface area contributed by atoms with Crippen molar-refractivity contribution in [1.29, 1.82) is 0 Å². The molecule has 0 radical (unpaired) electrons. The second-order valence-corrected chi connectivity index (χ2v) is 6.35. The average molecular weight is 344 g/mol. The third-order valence-electron chi connectivity index (χ3n) is 4.27. The minimum atomic E-state index is -0.520. The standard InChI is InChI=1S/C18H24N4O3/c1-14(18-19-15(2)20-25-18)24-17(23)13-22-10-8-21(9-11-22)12-16-6-4-3-5-7-16/h3-7,14H,8-13H2,1-2H3/t14-/m0/s1. The highest BCUT2D eigenvalue weighted by atomic mass is 16.6. The number of rotatable bonds is 6. The van der Waals surface area contributed by atoms with Crippen molar-refractivity contribution in [1.82, 2.24) is 19.9 Å². The van der Waals surface area contributed by atoms with Crippen LogP contribution in [0.2, 0.25) is 0 Å². The normalized spacial score (nSPS) is 17.4. The quantitative estimate of drug-likeness (QED) is 0.740. The molecule has 2 heterocycles. The van der Waals surface area contributed by atoms with Crippen LogP contribution in [-0.2, 0) is 16.1 Å². The number of esters is 1. The van der Waals surface area contributed by atoms with E-state index in [2.05, 4.69) is 44.2 Å². The van der Waals surface area contributed by atoms with E-state index >= 15 is 0 Å². The molecule has 7 nitrogen and oxygen atoms in total. The van der Waals surface area contributed by atoms with Gasteiger partial charge in [-0.1, -0.05) is 35.5 Å². The molecule has 0 unspecified atom stereocenters. The highest BCUT2D eigenvalue weighted by molar-refractivity contribution is 5.71.